The number of carbonyl (C=O) groups is 3. The molecule has 0 radical (unpaired) electrons. The molecule has 1 aliphatic heterocycles. The predicted molar refractivity (Wildman–Crippen MR) is 193 cm³/mol. The molecule has 1 fully saturated rings. The maximum Gasteiger partial charge on any atom is 0.430 e. The van der Waals surface area contributed by atoms with Crippen molar-refractivity contribution in [3.8, 4) is 11.5 Å². The fourth-order valence-electron chi connectivity index (χ4n) is 6.44. The molecule has 0 bridgehead atoms. The van der Waals surface area contributed by atoms with Crippen LogP contribution in [-0.4, -0.2) is 89.0 Å². The summed E-state index contributed by atoms with van der Waals surface area (Å²) in [5.74, 6) is -3.77. The Balaban J connectivity index is 0.000000908. The molecular formula is C37H42F4N6O8S. The van der Waals surface area contributed by atoms with Gasteiger partial charge in [-0.2, -0.15) is 26.7 Å². The zero-order valence-corrected chi connectivity index (χ0v) is 31.7. The van der Waals surface area contributed by atoms with Gasteiger partial charge in [0.15, 0.2) is 0 Å². The first-order valence-electron chi connectivity index (χ1n) is 17.2. The Hall–Kier alpha value is -5.53. The molecular weight excluding hydrogens is 765 g/mol. The third-order valence-electron chi connectivity index (χ3n) is 9.13. The van der Waals surface area contributed by atoms with Gasteiger partial charge in [-0.15, -0.1) is 0 Å². The number of hydrogen-bond acceptors (Lipinski definition) is 10. The molecule has 14 nitrogen and oxygen atoms in total. The summed E-state index contributed by atoms with van der Waals surface area (Å²) in [5, 5.41) is 25.4. The van der Waals surface area contributed by atoms with Gasteiger partial charge in [0.2, 0.25) is 5.91 Å². The lowest BCUT2D eigenvalue weighted by Crippen LogP contribution is -2.62. The summed E-state index contributed by atoms with van der Waals surface area (Å²) in [7, 11) is -0.481. The van der Waals surface area contributed by atoms with Crippen LogP contribution >= 0.6 is 0 Å². The van der Waals surface area contributed by atoms with Crippen molar-refractivity contribution in [2.45, 2.75) is 62.8 Å². The number of alkyl halides is 3. The molecule has 2 heterocycles. The van der Waals surface area contributed by atoms with Crippen LogP contribution in [0.5, 0.6) is 11.5 Å². The van der Waals surface area contributed by atoms with Crippen molar-refractivity contribution in [2.75, 3.05) is 25.5 Å². The number of anilines is 1. The number of amides is 3. The number of hydrogen-bond donors (Lipinski definition) is 3. The molecule has 1 aromatic heterocycles. The molecule has 4 N–H and O–H groups in total. The number of quaternary nitrogens is 1. The van der Waals surface area contributed by atoms with Crippen LogP contribution in [0.3, 0.4) is 0 Å². The van der Waals surface area contributed by atoms with Crippen molar-refractivity contribution in [1.29, 1.82) is 0 Å². The zero-order valence-electron chi connectivity index (χ0n) is 30.9. The topological polar surface area (TPSA) is 197 Å². The Kier molecular flexibility index (Phi) is 13.5. The fraction of sp³-hybridized carbons (Fsp3) is 0.351. The number of nitrogens with zero attached hydrogens (tertiary/aromatic N) is 4. The van der Waals surface area contributed by atoms with E-state index in [1.165, 1.54) is 58.1 Å². The number of carboxylic acids is 1. The number of likely N-dealkylation sites (tertiary alicyclic amines) is 1. The third-order valence-corrected chi connectivity index (χ3v) is 10.6. The lowest BCUT2D eigenvalue weighted by atomic mass is 9.98. The average molecular weight is 807 g/mol. The minimum atomic E-state index is -5.19. The van der Waals surface area contributed by atoms with E-state index in [2.05, 4.69) is 10.4 Å². The van der Waals surface area contributed by atoms with Gasteiger partial charge < -0.3 is 34.7 Å². The van der Waals surface area contributed by atoms with E-state index in [-0.39, 0.29) is 28.6 Å². The Labute approximate surface area is 320 Å². The summed E-state index contributed by atoms with van der Waals surface area (Å²) in [6.07, 6.45) is -3.74. The molecule has 5 rings (SSSR count). The van der Waals surface area contributed by atoms with Gasteiger partial charge in [0.25, 0.3) is 0 Å². The molecule has 3 amide bonds. The molecule has 0 spiro atoms. The Bertz CT molecular complexity index is 2130. The highest BCUT2D eigenvalue weighted by Crippen LogP contribution is 2.28. The summed E-state index contributed by atoms with van der Waals surface area (Å²) in [4.78, 5) is 37.9. The van der Waals surface area contributed by atoms with Gasteiger partial charge in [-0.25, -0.2) is 9.18 Å². The van der Waals surface area contributed by atoms with Crippen LogP contribution in [0.25, 0.3) is 0 Å². The number of benzene rings is 3. The maximum atomic E-state index is 14.0. The van der Waals surface area contributed by atoms with E-state index in [1.807, 2.05) is 7.05 Å². The van der Waals surface area contributed by atoms with Crippen LogP contribution in [0, 0.1) is 19.7 Å². The van der Waals surface area contributed by atoms with Crippen molar-refractivity contribution >= 4 is 33.7 Å². The lowest BCUT2D eigenvalue weighted by Gasteiger charge is -2.44. The number of nitrogens with two attached hydrogens (primary N) is 1. The second-order valence-corrected chi connectivity index (χ2v) is 15.2. The first kappa shape index (κ1) is 43.2. The van der Waals surface area contributed by atoms with Gasteiger partial charge in [0, 0.05) is 18.3 Å². The smallest absolute Gasteiger partial charge is 0.430 e. The van der Waals surface area contributed by atoms with E-state index in [0.717, 1.165) is 24.1 Å². The van der Waals surface area contributed by atoms with Crippen molar-refractivity contribution in [2.24, 2.45) is 12.8 Å². The van der Waals surface area contributed by atoms with Crippen molar-refractivity contribution < 1.29 is 59.2 Å². The summed E-state index contributed by atoms with van der Waals surface area (Å²) in [6, 6.07) is 16.3. The van der Waals surface area contributed by atoms with Crippen LogP contribution in [-0.2, 0) is 39.7 Å². The van der Waals surface area contributed by atoms with E-state index >= 15 is 0 Å². The third kappa shape index (κ3) is 11.3. The number of piperidine rings is 1. The number of rotatable bonds is 10. The normalized spacial score (nSPS) is 17.6. The molecule has 1 saturated heterocycles. The summed E-state index contributed by atoms with van der Waals surface area (Å²) < 4.78 is 78.5. The van der Waals surface area contributed by atoms with Crippen LogP contribution in [0.1, 0.15) is 35.4 Å². The molecule has 1 unspecified atom stereocenters. The molecule has 56 heavy (non-hydrogen) atoms. The molecule has 0 saturated carbocycles. The summed E-state index contributed by atoms with van der Waals surface area (Å²) in [5.41, 5.74) is 9.15. The largest absolute Gasteiger partial charge is 0.542 e. The Morgan fingerprint density at radius 3 is 2.16 bits per heavy atom. The highest BCUT2D eigenvalue weighted by atomic mass is 32.2. The van der Waals surface area contributed by atoms with Gasteiger partial charge >= 0.3 is 22.3 Å². The molecule has 0 aliphatic carbocycles. The van der Waals surface area contributed by atoms with Crippen LogP contribution in [0.4, 0.5) is 28.0 Å². The number of aromatic nitrogens is 2. The number of aryl methyl sites for hydroxylation is 2. The SMILES string of the molecule is Cc1nn(C)c(C)c1S(=O)(=O)Oc1ccc(NC(=O)N(C(=O)[C@@H](N)Cc2ccc(O)cc2)[C@H]2CCC[N+](C)(Cc3ccc(F)cc3)C2)cc1.O=C([O-])C(F)(F)F. The quantitative estimate of drug-likeness (QED) is 0.121. The number of nitrogens with one attached hydrogen (secondary N) is 1. The Morgan fingerprint density at radius 2 is 1.62 bits per heavy atom. The highest BCUT2D eigenvalue weighted by molar-refractivity contribution is 7.87. The van der Waals surface area contributed by atoms with Gasteiger partial charge in [-0.3, -0.25) is 14.4 Å². The summed E-state index contributed by atoms with van der Waals surface area (Å²) in [6.45, 7) is 5.07. The average Bonchev–Trinajstić information content (AvgIpc) is 3.38. The molecule has 3 aromatic carbocycles. The highest BCUT2D eigenvalue weighted by Gasteiger charge is 2.41. The van der Waals surface area contributed by atoms with Crippen molar-refractivity contribution in [1.82, 2.24) is 14.7 Å². The number of likely N-dealkylation sites (N-methyl/N-ethyl adjacent to an activating group) is 1. The second kappa shape index (κ2) is 17.5. The van der Waals surface area contributed by atoms with E-state index in [1.54, 1.807) is 45.2 Å². The van der Waals surface area contributed by atoms with Crippen molar-refractivity contribution in [3.05, 3.63) is 101 Å². The predicted octanol–water partition coefficient (Wildman–Crippen LogP) is 3.69. The van der Waals surface area contributed by atoms with E-state index < -0.39 is 46.3 Å². The van der Waals surface area contributed by atoms with Gasteiger partial charge in [0.1, 0.15) is 41.3 Å². The van der Waals surface area contributed by atoms with E-state index in [0.29, 0.717) is 41.1 Å². The van der Waals surface area contributed by atoms with Gasteiger partial charge in [-0.1, -0.05) is 24.3 Å². The zero-order chi connectivity index (χ0) is 41.6. The first-order valence-corrected chi connectivity index (χ1v) is 18.6. The minimum Gasteiger partial charge on any atom is -0.542 e. The van der Waals surface area contributed by atoms with Gasteiger partial charge in [-0.05, 0) is 87.2 Å². The first-order chi connectivity index (χ1) is 26.1. The number of urea groups is 1. The number of carboxylic acid groups (broad SMARTS) is 1. The number of carbonyl (C=O) groups excluding carboxylic acids is 3. The molecule has 1 aliphatic rings. The number of phenols is 1. The lowest BCUT2D eigenvalue weighted by molar-refractivity contribution is -0.928. The van der Waals surface area contributed by atoms with Gasteiger partial charge in [0.05, 0.1) is 37.1 Å². The van der Waals surface area contributed by atoms with Crippen LogP contribution in [0.2, 0.25) is 0 Å². The maximum absolute atomic E-state index is 14.0. The van der Waals surface area contributed by atoms with Crippen molar-refractivity contribution in [3.63, 3.8) is 0 Å². The Morgan fingerprint density at radius 1 is 1.05 bits per heavy atom. The molecule has 3 atom stereocenters. The van der Waals surface area contributed by atoms with Crippen LogP contribution < -0.4 is 20.3 Å². The number of halogens is 4. The number of aliphatic carboxylic acids is 1. The fourth-order valence-corrected chi connectivity index (χ4v) is 7.79. The number of imide groups is 1. The molecule has 302 valence electrons. The number of phenolic OH excluding ortho intramolecular Hbond substituents is 1. The second-order valence-electron chi connectivity index (χ2n) is 13.7. The van der Waals surface area contributed by atoms with Crippen LogP contribution in [0.15, 0.2) is 77.7 Å². The molecule has 19 heteroatoms. The van der Waals surface area contributed by atoms with E-state index in [4.69, 9.17) is 19.8 Å². The van der Waals surface area contributed by atoms with E-state index in [9.17, 15) is 40.7 Å². The standard InChI is InChI=1S/C35H41FN6O6S.C2HF3O2/c1-23-33(24(2)40(3)39-23)49(46,47)48-31-17-13-28(14-18-31)38-35(45)41(34(44)32(37)20-25-9-15-30(43)16-10-25)29-6-5-19-42(4,22-29)21-26-7-11-27(36)12-8-26;3-2(4,5)1(6)7/h7-18,29,32H,5-6,19-22,37H2,1-4H3,(H-,38,43,45);(H,6,7)/t29-,32-,42?;/m0./s1. The number of aromatic hydroxyl groups is 1. The summed E-state index contributed by atoms with van der Waals surface area (Å²) >= 11 is 0. The monoisotopic (exact) mass is 806 g/mol. The minimum absolute atomic E-state index is 0.0116. The molecule has 4 aromatic rings.